The summed E-state index contributed by atoms with van der Waals surface area (Å²) in [6.45, 7) is 1.48. The van der Waals surface area contributed by atoms with Crippen molar-refractivity contribution in [3.8, 4) is 5.75 Å². The first-order chi connectivity index (χ1) is 18.2. The Hall–Kier alpha value is -3.95. The molecule has 1 fully saturated rings. The zero-order valence-corrected chi connectivity index (χ0v) is 20.8. The molecule has 1 saturated carbocycles. The molecule has 2 aromatic carbocycles. The quantitative estimate of drug-likeness (QED) is 0.275. The highest BCUT2D eigenvalue weighted by Crippen LogP contribution is 2.44. The van der Waals surface area contributed by atoms with Gasteiger partial charge in [-0.15, -0.1) is 0 Å². The van der Waals surface area contributed by atoms with Gasteiger partial charge in [-0.3, -0.25) is 14.3 Å². The monoisotopic (exact) mass is 528 g/mol. The van der Waals surface area contributed by atoms with Crippen molar-refractivity contribution in [2.75, 3.05) is 6.61 Å². The molecule has 0 radical (unpaired) electrons. The Kier molecular flexibility index (Phi) is 7.99. The summed E-state index contributed by atoms with van der Waals surface area (Å²) < 4.78 is 52.5. The minimum atomic E-state index is -4.52. The summed E-state index contributed by atoms with van der Waals surface area (Å²) in [4.78, 5) is 38.1. The first kappa shape index (κ1) is 27.1. The minimum Gasteiger partial charge on any atom is -0.482 e. The molecule has 7 nitrogen and oxygen atoms in total. The number of rotatable bonds is 9. The summed E-state index contributed by atoms with van der Waals surface area (Å²) in [5, 5.41) is 4.18. The smallest absolute Gasteiger partial charge is 0.416 e. The van der Waals surface area contributed by atoms with E-state index in [0.717, 1.165) is 30.5 Å². The van der Waals surface area contributed by atoms with Crippen LogP contribution < -0.4 is 10.2 Å². The summed E-state index contributed by atoms with van der Waals surface area (Å²) in [5.74, 6) is -1.34. The maximum Gasteiger partial charge on any atom is 0.416 e. The maximum absolute atomic E-state index is 13.5. The van der Waals surface area contributed by atoms with Crippen molar-refractivity contribution >= 4 is 12.3 Å². The summed E-state index contributed by atoms with van der Waals surface area (Å²) >= 11 is 0. The normalized spacial score (nSPS) is 14.7. The van der Waals surface area contributed by atoms with Gasteiger partial charge in [-0.05, 0) is 37.0 Å². The number of esters is 1. The van der Waals surface area contributed by atoms with Crippen LogP contribution in [0.2, 0.25) is 0 Å². The van der Waals surface area contributed by atoms with Crippen molar-refractivity contribution in [1.29, 1.82) is 0 Å². The van der Waals surface area contributed by atoms with E-state index in [4.69, 9.17) is 9.47 Å². The van der Waals surface area contributed by atoms with Gasteiger partial charge in [0.15, 0.2) is 12.0 Å². The number of nitrogens with zero attached hydrogens (tertiary/aromatic N) is 2. The second-order valence-electron chi connectivity index (χ2n) is 9.23. The molecule has 0 amide bonds. The molecule has 10 heteroatoms. The van der Waals surface area contributed by atoms with Crippen molar-refractivity contribution in [1.82, 2.24) is 9.78 Å². The van der Waals surface area contributed by atoms with E-state index in [1.54, 1.807) is 37.3 Å². The molecular weight excluding hydrogens is 501 g/mol. The Morgan fingerprint density at radius 1 is 1.11 bits per heavy atom. The molecule has 0 N–H and O–H groups in total. The Morgan fingerprint density at radius 2 is 1.82 bits per heavy atom. The van der Waals surface area contributed by atoms with Gasteiger partial charge in [0, 0.05) is 5.41 Å². The van der Waals surface area contributed by atoms with Gasteiger partial charge in [-0.1, -0.05) is 61.4 Å². The SMILES string of the molecule is CCOC(=O)c1nn(CC2(c3cccc(C(F)(F)F)c3)CCCC2)c(C=O)c(OCc2ccccc2)c1=O. The number of alkyl halides is 3. The lowest BCUT2D eigenvalue weighted by molar-refractivity contribution is -0.137. The van der Waals surface area contributed by atoms with Crippen LogP contribution in [0.15, 0.2) is 59.4 Å². The number of hydrogen-bond donors (Lipinski definition) is 0. The number of ether oxygens (including phenoxy) is 2. The summed E-state index contributed by atoms with van der Waals surface area (Å²) in [5.41, 5.74) is -2.05. The molecule has 0 saturated heterocycles. The van der Waals surface area contributed by atoms with E-state index in [1.165, 1.54) is 10.7 Å². The maximum atomic E-state index is 13.5. The third-order valence-corrected chi connectivity index (χ3v) is 6.77. The van der Waals surface area contributed by atoms with Crippen molar-refractivity contribution in [2.24, 2.45) is 0 Å². The fourth-order valence-electron chi connectivity index (χ4n) is 4.90. The van der Waals surface area contributed by atoms with Crippen LogP contribution in [0.1, 0.15) is 70.3 Å². The largest absolute Gasteiger partial charge is 0.482 e. The Labute approximate surface area is 217 Å². The zero-order valence-electron chi connectivity index (χ0n) is 20.8. The van der Waals surface area contributed by atoms with Crippen LogP contribution in [0, 0.1) is 0 Å². The van der Waals surface area contributed by atoms with Crippen LogP contribution in [0.4, 0.5) is 13.2 Å². The number of carbonyl (C=O) groups is 2. The molecule has 1 aromatic heterocycles. The zero-order chi connectivity index (χ0) is 27.3. The third-order valence-electron chi connectivity index (χ3n) is 6.77. The Bertz CT molecular complexity index is 1360. The molecule has 0 aliphatic heterocycles. The van der Waals surface area contributed by atoms with Gasteiger partial charge < -0.3 is 9.47 Å². The Balaban J connectivity index is 1.82. The molecule has 1 heterocycles. The molecule has 3 aromatic rings. The lowest BCUT2D eigenvalue weighted by Gasteiger charge is -2.31. The number of aromatic nitrogens is 2. The van der Waals surface area contributed by atoms with Crippen LogP contribution >= 0.6 is 0 Å². The molecule has 1 aliphatic rings. The average molecular weight is 529 g/mol. The van der Waals surface area contributed by atoms with Crippen molar-refractivity contribution < 1.29 is 32.2 Å². The highest BCUT2D eigenvalue weighted by Gasteiger charge is 2.40. The summed E-state index contributed by atoms with van der Waals surface area (Å²) in [6.07, 6.45) is -1.51. The van der Waals surface area contributed by atoms with E-state index in [-0.39, 0.29) is 31.2 Å². The first-order valence-corrected chi connectivity index (χ1v) is 12.3. The topological polar surface area (TPSA) is 87.5 Å². The predicted molar refractivity (Wildman–Crippen MR) is 132 cm³/mol. The minimum absolute atomic E-state index is 0.0102. The highest BCUT2D eigenvalue weighted by atomic mass is 19.4. The van der Waals surface area contributed by atoms with Gasteiger partial charge in [-0.2, -0.15) is 18.3 Å². The summed E-state index contributed by atoms with van der Waals surface area (Å²) in [6, 6.07) is 14.0. The second-order valence-corrected chi connectivity index (χ2v) is 9.23. The van der Waals surface area contributed by atoms with Gasteiger partial charge >= 0.3 is 12.1 Å². The molecule has 1 aliphatic carbocycles. The van der Waals surface area contributed by atoms with Crippen LogP contribution in [-0.4, -0.2) is 28.6 Å². The van der Waals surface area contributed by atoms with E-state index in [1.807, 2.05) is 6.07 Å². The molecular formula is C28H27F3N2O5. The molecule has 4 rings (SSSR count). The predicted octanol–water partition coefficient (Wildman–Crippen LogP) is 5.34. The molecule has 0 unspecified atom stereocenters. The third kappa shape index (κ3) is 5.64. The van der Waals surface area contributed by atoms with Crippen LogP contribution in [0.3, 0.4) is 0 Å². The van der Waals surface area contributed by atoms with E-state index >= 15 is 0 Å². The Morgan fingerprint density at radius 3 is 2.45 bits per heavy atom. The first-order valence-electron chi connectivity index (χ1n) is 12.3. The number of benzene rings is 2. The van der Waals surface area contributed by atoms with Crippen LogP contribution in [0.25, 0.3) is 0 Å². The molecule has 0 atom stereocenters. The highest BCUT2D eigenvalue weighted by molar-refractivity contribution is 5.88. The number of carbonyl (C=O) groups excluding carboxylic acids is 2. The van der Waals surface area contributed by atoms with Gasteiger partial charge in [0.1, 0.15) is 12.3 Å². The molecule has 200 valence electrons. The fraction of sp³-hybridized carbons (Fsp3) is 0.357. The fourth-order valence-corrected chi connectivity index (χ4v) is 4.90. The van der Waals surface area contributed by atoms with Gasteiger partial charge in [0.05, 0.1) is 18.7 Å². The lowest BCUT2D eigenvalue weighted by atomic mass is 9.78. The second kappa shape index (κ2) is 11.2. The average Bonchev–Trinajstić information content (AvgIpc) is 3.38. The van der Waals surface area contributed by atoms with Gasteiger partial charge in [0.25, 0.3) is 5.43 Å². The van der Waals surface area contributed by atoms with E-state index < -0.39 is 34.2 Å². The van der Waals surface area contributed by atoms with Gasteiger partial charge in [0.2, 0.25) is 5.69 Å². The van der Waals surface area contributed by atoms with Crippen molar-refractivity contribution in [2.45, 2.75) is 57.3 Å². The molecule has 38 heavy (non-hydrogen) atoms. The summed E-state index contributed by atoms with van der Waals surface area (Å²) in [7, 11) is 0. The van der Waals surface area contributed by atoms with Crippen molar-refractivity contribution in [3.05, 3.63) is 92.9 Å². The number of aldehydes is 1. The van der Waals surface area contributed by atoms with E-state index in [2.05, 4.69) is 5.10 Å². The lowest BCUT2D eigenvalue weighted by Crippen LogP contribution is -2.35. The van der Waals surface area contributed by atoms with Crippen molar-refractivity contribution in [3.63, 3.8) is 0 Å². The molecule has 0 bridgehead atoms. The van der Waals surface area contributed by atoms with Crippen LogP contribution in [0.5, 0.6) is 5.75 Å². The van der Waals surface area contributed by atoms with Gasteiger partial charge in [-0.25, -0.2) is 4.79 Å². The standard InChI is InChI=1S/C28H27F3N2O5/c1-2-37-26(36)23-24(35)25(38-17-19-9-4-3-5-10-19)22(16-34)33(32-23)18-27(13-6-7-14-27)20-11-8-12-21(15-20)28(29,30)31/h3-5,8-12,15-16H,2,6-7,13-14,17-18H2,1H3. The molecule has 0 spiro atoms. The van der Waals surface area contributed by atoms with E-state index in [0.29, 0.717) is 24.7 Å². The van der Waals surface area contributed by atoms with Crippen LogP contribution in [-0.2, 0) is 29.5 Å². The number of hydrogen-bond acceptors (Lipinski definition) is 6. The number of halogens is 3. The van der Waals surface area contributed by atoms with E-state index in [9.17, 15) is 27.6 Å².